The van der Waals surface area contributed by atoms with Crippen LogP contribution in [0.4, 0.5) is 0 Å². The van der Waals surface area contributed by atoms with Crippen molar-refractivity contribution in [3.05, 3.63) is 0 Å². The number of nitrogens with one attached hydrogen (secondary N) is 1. The summed E-state index contributed by atoms with van der Waals surface area (Å²) in [5, 5.41) is 11.2. The number of carbonyl (C=O) groups excluding carboxylic acids is 3. The van der Waals surface area contributed by atoms with Gasteiger partial charge in [0, 0.05) is 31.7 Å². The molecule has 120 valence electrons. The van der Waals surface area contributed by atoms with Crippen LogP contribution in [-0.2, 0) is 23.9 Å². The van der Waals surface area contributed by atoms with Gasteiger partial charge in [0.05, 0.1) is 0 Å². The number of carbonyl (C=O) groups is 4. The Morgan fingerprint density at radius 2 is 1.81 bits per heavy atom. The monoisotopic (exact) mass is 302 g/mol. The summed E-state index contributed by atoms with van der Waals surface area (Å²) in [4.78, 5) is 44.5. The number of aliphatic carboxylic acids is 1. The van der Waals surface area contributed by atoms with E-state index in [1.165, 1.54) is 0 Å². The van der Waals surface area contributed by atoms with Crippen LogP contribution in [0.3, 0.4) is 0 Å². The molecular weight excluding hydrogens is 280 g/mol. The summed E-state index contributed by atoms with van der Waals surface area (Å²) in [6.45, 7) is 4.46. The zero-order chi connectivity index (χ0) is 16.6. The van der Waals surface area contributed by atoms with Crippen LogP contribution in [0.5, 0.6) is 0 Å². The molecule has 0 rings (SSSR count). The zero-order valence-corrected chi connectivity index (χ0v) is 12.5. The van der Waals surface area contributed by atoms with Gasteiger partial charge in [0.15, 0.2) is 6.10 Å². The Bertz CT molecular complexity index is 419. The van der Waals surface area contributed by atoms with Crippen molar-refractivity contribution in [2.24, 2.45) is 11.1 Å². The molecule has 0 fully saturated rings. The molecule has 0 bridgehead atoms. The lowest BCUT2D eigenvalue weighted by Crippen LogP contribution is -2.47. The molecule has 1 atom stereocenters. The van der Waals surface area contributed by atoms with Crippen molar-refractivity contribution < 1.29 is 29.0 Å². The van der Waals surface area contributed by atoms with E-state index in [0.29, 0.717) is 0 Å². The molecule has 0 spiro atoms. The molecule has 8 heteroatoms. The van der Waals surface area contributed by atoms with Gasteiger partial charge in [-0.25, -0.2) is 0 Å². The molecule has 0 saturated carbocycles. The minimum Gasteiger partial charge on any atom is -0.481 e. The summed E-state index contributed by atoms with van der Waals surface area (Å²) in [5.74, 6) is -2.79. The second-order valence-corrected chi connectivity index (χ2v) is 5.38. The zero-order valence-electron chi connectivity index (χ0n) is 12.5. The fourth-order valence-corrected chi connectivity index (χ4v) is 1.70. The van der Waals surface area contributed by atoms with Crippen molar-refractivity contribution >= 4 is 23.8 Å². The second kappa shape index (κ2) is 8.23. The van der Waals surface area contributed by atoms with Gasteiger partial charge in [-0.05, 0) is 6.42 Å². The van der Waals surface area contributed by atoms with Gasteiger partial charge in [0.1, 0.15) is 0 Å². The van der Waals surface area contributed by atoms with Gasteiger partial charge in [0.2, 0.25) is 5.91 Å². The molecule has 8 nitrogen and oxygen atoms in total. The number of carboxylic acids is 1. The van der Waals surface area contributed by atoms with Crippen LogP contribution < -0.4 is 11.1 Å². The number of hydrogen-bond acceptors (Lipinski definition) is 5. The average Bonchev–Trinajstić information content (AvgIpc) is 2.32. The fourth-order valence-electron chi connectivity index (χ4n) is 1.70. The lowest BCUT2D eigenvalue weighted by molar-refractivity contribution is -0.162. The molecule has 0 aliphatic heterocycles. The Hall–Kier alpha value is -2.12. The Morgan fingerprint density at radius 3 is 2.24 bits per heavy atom. The molecule has 2 amide bonds. The number of carboxylic acid groups (broad SMARTS) is 1. The lowest BCUT2D eigenvalue weighted by Gasteiger charge is -2.32. The van der Waals surface area contributed by atoms with E-state index >= 15 is 0 Å². The van der Waals surface area contributed by atoms with Crippen LogP contribution in [0.15, 0.2) is 0 Å². The molecular formula is C13H22N2O6. The summed E-state index contributed by atoms with van der Waals surface area (Å²) in [5.41, 5.74) is 4.10. The maximum atomic E-state index is 12.1. The molecule has 0 saturated heterocycles. The average molecular weight is 302 g/mol. The van der Waals surface area contributed by atoms with E-state index in [9.17, 15) is 19.2 Å². The van der Waals surface area contributed by atoms with Gasteiger partial charge in [-0.3, -0.25) is 19.2 Å². The fraction of sp³-hybridized carbons (Fsp3) is 0.692. The summed E-state index contributed by atoms with van der Waals surface area (Å²) < 4.78 is 5.01. The quantitative estimate of drug-likeness (QED) is 0.505. The van der Waals surface area contributed by atoms with Crippen LogP contribution in [0.25, 0.3) is 0 Å². The molecule has 0 aromatic heterocycles. The summed E-state index contributed by atoms with van der Waals surface area (Å²) in [6, 6.07) is 0. The van der Waals surface area contributed by atoms with E-state index in [1.807, 2.05) is 0 Å². The van der Waals surface area contributed by atoms with Crippen molar-refractivity contribution in [1.82, 2.24) is 5.32 Å². The molecule has 1 unspecified atom stereocenters. The normalized spacial score (nSPS) is 12.3. The van der Waals surface area contributed by atoms with Crippen LogP contribution in [0.1, 0.15) is 40.0 Å². The largest absolute Gasteiger partial charge is 0.481 e. The van der Waals surface area contributed by atoms with Crippen LogP contribution >= 0.6 is 0 Å². The van der Waals surface area contributed by atoms with Gasteiger partial charge in [-0.1, -0.05) is 13.8 Å². The van der Waals surface area contributed by atoms with E-state index in [2.05, 4.69) is 5.32 Å². The molecule has 0 heterocycles. The SMILES string of the molecule is CC(=O)OC(C(=O)NCCC(N)=O)C(C)(C)CCC(=O)O. The first-order valence-corrected chi connectivity index (χ1v) is 6.51. The van der Waals surface area contributed by atoms with Gasteiger partial charge in [-0.2, -0.15) is 0 Å². The molecule has 0 aromatic rings. The minimum atomic E-state index is -1.14. The van der Waals surface area contributed by atoms with Crippen LogP contribution in [0, 0.1) is 5.41 Å². The number of primary amides is 1. The smallest absolute Gasteiger partial charge is 0.303 e. The number of hydrogen-bond donors (Lipinski definition) is 3. The topological polar surface area (TPSA) is 136 Å². The molecule has 0 aliphatic rings. The van der Waals surface area contributed by atoms with Crippen molar-refractivity contribution in [3.63, 3.8) is 0 Å². The molecule has 0 aliphatic carbocycles. The third-order valence-corrected chi connectivity index (χ3v) is 2.89. The maximum Gasteiger partial charge on any atom is 0.303 e. The third kappa shape index (κ3) is 7.91. The molecule has 0 aromatic carbocycles. The predicted octanol–water partition coefficient (Wildman–Crippen LogP) is -0.199. The number of rotatable bonds is 9. The van der Waals surface area contributed by atoms with Crippen molar-refractivity contribution in [3.8, 4) is 0 Å². The summed E-state index contributed by atoms with van der Waals surface area (Å²) in [7, 11) is 0. The third-order valence-electron chi connectivity index (χ3n) is 2.89. The van der Waals surface area contributed by atoms with E-state index in [4.69, 9.17) is 15.6 Å². The highest BCUT2D eigenvalue weighted by Gasteiger charge is 2.38. The van der Waals surface area contributed by atoms with Gasteiger partial charge in [0.25, 0.3) is 5.91 Å². The predicted molar refractivity (Wildman–Crippen MR) is 73.0 cm³/mol. The summed E-state index contributed by atoms with van der Waals surface area (Å²) in [6.07, 6.45) is -1.17. The molecule has 0 radical (unpaired) electrons. The Kier molecular flexibility index (Phi) is 7.40. The second-order valence-electron chi connectivity index (χ2n) is 5.38. The van der Waals surface area contributed by atoms with E-state index in [0.717, 1.165) is 6.92 Å². The lowest BCUT2D eigenvalue weighted by atomic mass is 9.81. The number of ether oxygens (including phenoxy) is 1. The van der Waals surface area contributed by atoms with Crippen molar-refractivity contribution in [1.29, 1.82) is 0 Å². The van der Waals surface area contributed by atoms with E-state index < -0.39 is 35.3 Å². The standard InChI is InChI=1S/C13H22N2O6/c1-8(16)21-11(12(20)15-7-5-9(14)17)13(2,3)6-4-10(18)19/h11H,4-7H2,1-3H3,(H2,14,17)(H,15,20)(H,18,19). The first kappa shape index (κ1) is 18.9. The van der Waals surface area contributed by atoms with Crippen molar-refractivity contribution in [2.75, 3.05) is 6.54 Å². The number of esters is 1. The number of nitrogens with two attached hydrogens (primary N) is 1. The Morgan fingerprint density at radius 1 is 1.24 bits per heavy atom. The first-order chi connectivity index (χ1) is 9.56. The van der Waals surface area contributed by atoms with E-state index in [1.54, 1.807) is 13.8 Å². The minimum absolute atomic E-state index is 0.0287. The first-order valence-electron chi connectivity index (χ1n) is 6.51. The van der Waals surface area contributed by atoms with Crippen LogP contribution in [-0.4, -0.2) is 41.5 Å². The Balaban J connectivity index is 4.82. The van der Waals surface area contributed by atoms with Gasteiger partial charge in [-0.15, -0.1) is 0 Å². The van der Waals surface area contributed by atoms with Gasteiger partial charge < -0.3 is 20.9 Å². The van der Waals surface area contributed by atoms with Crippen LogP contribution in [0.2, 0.25) is 0 Å². The highest BCUT2D eigenvalue weighted by atomic mass is 16.5. The van der Waals surface area contributed by atoms with E-state index in [-0.39, 0.29) is 25.8 Å². The molecule has 4 N–H and O–H groups in total. The maximum absolute atomic E-state index is 12.1. The molecule has 21 heavy (non-hydrogen) atoms. The highest BCUT2D eigenvalue weighted by molar-refractivity contribution is 5.84. The Labute approximate surface area is 123 Å². The number of amides is 2. The highest BCUT2D eigenvalue weighted by Crippen LogP contribution is 2.29. The van der Waals surface area contributed by atoms with Gasteiger partial charge >= 0.3 is 11.9 Å². The van der Waals surface area contributed by atoms with Crippen molar-refractivity contribution in [2.45, 2.75) is 46.1 Å². The summed E-state index contributed by atoms with van der Waals surface area (Å²) >= 11 is 0.